The maximum Gasteiger partial charge on any atom is 0.0620 e. The van der Waals surface area contributed by atoms with E-state index < -0.39 is 0 Å². The second kappa shape index (κ2) is 5.28. The Morgan fingerprint density at radius 3 is 2.87 bits per heavy atom. The molecule has 2 aliphatic rings. The maximum atomic E-state index is 5.44. The maximum absolute atomic E-state index is 5.44. The summed E-state index contributed by atoms with van der Waals surface area (Å²) in [6.45, 7) is 6.22. The van der Waals surface area contributed by atoms with Gasteiger partial charge >= 0.3 is 0 Å². The van der Waals surface area contributed by atoms with Crippen LogP contribution in [0.3, 0.4) is 0 Å². The summed E-state index contributed by atoms with van der Waals surface area (Å²) >= 11 is 0. The zero-order chi connectivity index (χ0) is 10.6. The van der Waals surface area contributed by atoms with Crippen molar-refractivity contribution in [2.75, 3.05) is 26.3 Å². The molecule has 0 radical (unpaired) electrons. The number of morpholine rings is 1. The van der Waals surface area contributed by atoms with E-state index in [2.05, 4.69) is 17.6 Å². The van der Waals surface area contributed by atoms with Crippen molar-refractivity contribution < 1.29 is 4.74 Å². The Kier molecular flexibility index (Phi) is 4.00. The molecule has 1 aliphatic carbocycles. The van der Waals surface area contributed by atoms with Crippen molar-refractivity contribution in [1.82, 2.24) is 10.6 Å². The van der Waals surface area contributed by atoms with E-state index in [1.807, 2.05) is 0 Å². The molecule has 0 aromatic carbocycles. The third-order valence-electron chi connectivity index (χ3n) is 3.98. The van der Waals surface area contributed by atoms with Crippen LogP contribution in [0.15, 0.2) is 0 Å². The summed E-state index contributed by atoms with van der Waals surface area (Å²) in [5, 5.41) is 7.23. The molecule has 3 heteroatoms. The highest BCUT2D eigenvalue weighted by Gasteiger charge is 2.34. The molecule has 1 atom stereocenters. The van der Waals surface area contributed by atoms with E-state index in [1.54, 1.807) is 0 Å². The van der Waals surface area contributed by atoms with Crippen LogP contribution in [0.4, 0.5) is 0 Å². The smallest absolute Gasteiger partial charge is 0.0620 e. The van der Waals surface area contributed by atoms with E-state index in [0.717, 1.165) is 26.3 Å². The van der Waals surface area contributed by atoms with Crippen molar-refractivity contribution in [1.29, 1.82) is 0 Å². The topological polar surface area (TPSA) is 33.3 Å². The minimum atomic E-state index is 0.496. The number of nitrogens with one attached hydrogen (secondary N) is 2. The molecule has 1 aliphatic heterocycles. The van der Waals surface area contributed by atoms with E-state index >= 15 is 0 Å². The highest BCUT2D eigenvalue weighted by atomic mass is 16.5. The summed E-state index contributed by atoms with van der Waals surface area (Å²) in [6.07, 6.45) is 6.63. The van der Waals surface area contributed by atoms with Gasteiger partial charge < -0.3 is 15.4 Å². The molecule has 0 amide bonds. The second-order valence-corrected chi connectivity index (χ2v) is 4.93. The van der Waals surface area contributed by atoms with Crippen molar-refractivity contribution in [3.05, 3.63) is 0 Å². The van der Waals surface area contributed by atoms with Crippen LogP contribution in [0.5, 0.6) is 0 Å². The first kappa shape index (κ1) is 11.4. The van der Waals surface area contributed by atoms with Gasteiger partial charge in [-0.05, 0) is 38.6 Å². The molecular weight excluding hydrogens is 188 g/mol. The fraction of sp³-hybridized carbons (Fsp3) is 1.00. The molecule has 0 spiro atoms. The lowest BCUT2D eigenvalue weighted by molar-refractivity contribution is 0.0718. The zero-order valence-corrected chi connectivity index (χ0v) is 9.85. The van der Waals surface area contributed by atoms with Crippen LogP contribution in [-0.2, 0) is 4.74 Å². The van der Waals surface area contributed by atoms with Crippen molar-refractivity contribution in [2.45, 2.75) is 50.6 Å². The van der Waals surface area contributed by atoms with Crippen molar-refractivity contribution in [3.63, 3.8) is 0 Å². The van der Waals surface area contributed by atoms with Crippen LogP contribution >= 0.6 is 0 Å². The predicted molar refractivity (Wildman–Crippen MR) is 62.1 cm³/mol. The Morgan fingerprint density at radius 1 is 1.47 bits per heavy atom. The van der Waals surface area contributed by atoms with Crippen molar-refractivity contribution in [3.8, 4) is 0 Å². The van der Waals surface area contributed by atoms with Gasteiger partial charge in [0, 0.05) is 18.1 Å². The van der Waals surface area contributed by atoms with Crippen molar-refractivity contribution >= 4 is 0 Å². The molecule has 2 fully saturated rings. The predicted octanol–water partition coefficient (Wildman–Crippen LogP) is 1.29. The first-order valence-electron chi connectivity index (χ1n) is 6.41. The van der Waals surface area contributed by atoms with Gasteiger partial charge in [0.2, 0.25) is 0 Å². The average Bonchev–Trinajstić information content (AvgIpc) is 2.24. The standard InChI is InChI=1S/C12H24N2O/c1-2-12(5-3-6-12)14-7-4-11-10-15-9-8-13-11/h11,13-14H,2-10H2,1H3. The number of rotatable bonds is 5. The molecule has 1 saturated carbocycles. The van der Waals surface area contributed by atoms with Gasteiger partial charge in [-0.25, -0.2) is 0 Å². The lowest BCUT2D eigenvalue weighted by Crippen LogP contribution is -2.52. The van der Waals surface area contributed by atoms with E-state index in [9.17, 15) is 0 Å². The molecule has 2 N–H and O–H groups in total. The van der Waals surface area contributed by atoms with E-state index in [4.69, 9.17) is 4.74 Å². The molecule has 1 heterocycles. The van der Waals surface area contributed by atoms with E-state index in [0.29, 0.717) is 11.6 Å². The third-order valence-corrected chi connectivity index (χ3v) is 3.98. The van der Waals surface area contributed by atoms with Crippen LogP contribution < -0.4 is 10.6 Å². The molecule has 15 heavy (non-hydrogen) atoms. The third kappa shape index (κ3) is 2.92. The van der Waals surface area contributed by atoms with E-state index in [-0.39, 0.29) is 0 Å². The molecule has 0 aromatic rings. The summed E-state index contributed by atoms with van der Waals surface area (Å²) in [7, 11) is 0. The van der Waals surface area contributed by atoms with Gasteiger partial charge in [0.05, 0.1) is 13.2 Å². The highest BCUT2D eigenvalue weighted by molar-refractivity contribution is 4.94. The minimum absolute atomic E-state index is 0.496. The largest absolute Gasteiger partial charge is 0.379 e. The van der Waals surface area contributed by atoms with Crippen LogP contribution in [0.2, 0.25) is 0 Å². The Labute approximate surface area is 93.0 Å². The molecule has 2 rings (SSSR count). The fourth-order valence-corrected chi connectivity index (χ4v) is 2.58. The Hall–Kier alpha value is -0.120. The first-order valence-corrected chi connectivity index (χ1v) is 6.41. The average molecular weight is 212 g/mol. The lowest BCUT2D eigenvalue weighted by atomic mass is 9.75. The van der Waals surface area contributed by atoms with E-state index in [1.165, 1.54) is 32.1 Å². The molecular formula is C12H24N2O. The lowest BCUT2D eigenvalue weighted by Gasteiger charge is -2.42. The van der Waals surface area contributed by atoms with Crippen LogP contribution in [0.1, 0.15) is 39.0 Å². The quantitative estimate of drug-likeness (QED) is 0.720. The summed E-state index contributed by atoms with van der Waals surface area (Å²) in [5.41, 5.74) is 0.496. The Bertz CT molecular complexity index is 181. The molecule has 1 saturated heterocycles. The summed E-state index contributed by atoms with van der Waals surface area (Å²) in [4.78, 5) is 0. The fourth-order valence-electron chi connectivity index (χ4n) is 2.58. The normalized spacial score (nSPS) is 29.8. The van der Waals surface area contributed by atoms with Crippen LogP contribution in [0, 0.1) is 0 Å². The highest BCUT2D eigenvalue weighted by Crippen LogP contribution is 2.34. The zero-order valence-electron chi connectivity index (χ0n) is 9.85. The van der Waals surface area contributed by atoms with Gasteiger partial charge in [0.15, 0.2) is 0 Å². The molecule has 0 aromatic heterocycles. The Balaban J connectivity index is 1.61. The Morgan fingerprint density at radius 2 is 2.33 bits per heavy atom. The van der Waals surface area contributed by atoms with Crippen molar-refractivity contribution in [2.24, 2.45) is 0 Å². The number of ether oxygens (including phenoxy) is 1. The number of hydrogen-bond donors (Lipinski definition) is 2. The van der Waals surface area contributed by atoms with Crippen LogP contribution in [-0.4, -0.2) is 37.9 Å². The molecule has 1 unspecified atom stereocenters. The summed E-state index contributed by atoms with van der Waals surface area (Å²) in [5.74, 6) is 0. The second-order valence-electron chi connectivity index (χ2n) is 4.93. The van der Waals surface area contributed by atoms with Gasteiger partial charge in [-0.15, -0.1) is 0 Å². The van der Waals surface area contributed by atoms with Gasteiger partial charge in [-0.2, -0.15) is 0 Å². The SMILES string of the molecule is CCC1(NCCC2COCCN2)CCC1. The summed E-state index contributed by atoms with van der Waals surface area (Å²) < 4.78 is 5.44. The molecule has 88 valence electrons. The first-order chi connectivity index (χ1) is 7.35. The van der Waals surface area contributed by atoms with Gasteiger partial charge in [-0.3, -0.25) is 0 Å². The minimum Gasteiger partial charge on any atom is -0.379 e. The molecule has 0 bridgehead atoms. The van der Waals surface area contributed by atoms with Crippen LogP contribution in [0.25, 0.3) is 0 Å². The van der Waals surface area contributed by atoms with Gasteiger partial charge in [-0.1, -0.05) is 6.92 Å². The molecule has 3 nitrogen and oxygen atoms in total. The monoisotopic (exact) mass is 212 g/mol. The number of hydrogen-bond acceptors (Lipinski definition) is 3. The summed E-state index contributed by atoms with van der Waals surface area (Å²) in [6, 6.07) is 0.570. The van der Waals surface area contributed by atoms with Gasteiger partial charge in [0.25, 0.3) is 0 Å². The van der Waals surface area contributed by atoms with Gasteiger partial charge in [0.1, 0.15) is 0 Å².